The van der Waals surface area contributed by atoms with E-state index >= 15 is 0 Å². The van der Waals surface area contributed by atoms with Gasteiger partial charge in [-0.2, -0.15) is 5.10 Å². The molecule has 3 heterocycles. The molecule has 1 aliphatic carbocycles. The molecule has 31 heavy (non-hydrogen) atoms. The van der Waals surface area contributed by atoms with E-state index in [1.54, 1.807) is 12.4 Å². The lowest BCUT2D eigenvalue weighted by molar-refractivity contribution is -0.124. The number of anilines is 1. The molecular weight excluding hydrogens is 395 g/mol. The van der Waals surface area contributed by atoms with Crippen molar-refractivity contribution >= 4 is 22.5 Å². The van der Waals surface area contributed by atoms with Crippen LogP contribution in [0.1, 0.15) is 12.8 Å². The Labute approximate surface area is 180 Å². The van der Waals surface area contributed by atoms with E-state index < -0.39 is 0 Å². The fraction of sp³-hybridized carbons (Fsp3) is 0.435. The van der Waals surface area contributed by atoms with Crippen molar-refractivity contribution in [2.24, 2.45) is 5.41 Å². The van der Waals surface area contributed by atoms with Crippen molar-refractivity contribution in [3.05, 3.63) is 42.9 Å². The Hall–Kier alpha value is -2.84. The number of aromatic nitrogens is 3. The smallest absolute Gasteiger partial charge is 0.239 e. The standard InChI is InChI=1S/C23H27FN6O/c1-29(20-8-23(9-20)14-30(15-23)5-4-24)13-22(31)28-21-7-18-6-16(19-11-26-27-12-19)2-3-17(18)10-25-21/h2-3,6-7,10-12,20H,4-5,8-9,13-15H2,1H3,(H,26,27)(H,25,28,31). The number of likely N-dealkylation sites (N-methyl/N-ethyl adjacent to an activating group) is 1. The fourth-order valence-electron chi connectivity index (χ4n) is 5.03. The second-order valence-electron chi connectivity index (χ2n) is 9.04. The Bertz CT molecular complexity index is 1070. The topological polar surface area (TPSA) is 77.1 Å². The predicted molar refractivity (Wildman–Crippen MR) is 118 cm³/mol. The molecule has 1 amide bonds. The van der Waals surface area contributed by atoms with Crippen molar-refractivity contribution in [3.63, 3.8) is 0 Å². The number of rotatable bonds is 7. The highest BCUT2D eigenvalue weighted by Crippen LogP contribution is 2.49. The number of hydrogen-bond donors (Lipinski definition) is 2. The quantitative estimate of drug-likeness (QED) is 0.612. The van der Waals surface area contributed by atoms with Gasteiger partial charge in [-0.3, -0.25) is 19.7 Å². The Morgan fingerprint density at radius 2 is 2.10 bits per heavy atom. The summed E-state index contributed by atoms with van der Waals surface area (Å²) < 4.78 is 12.4. The summed E-state index contributed by atoms with van der Waals surface area (Å²) in [6, 6.07) is 8.45. The second-order valence-corrected chi connectivity index (χ2v) is 9.04. The molecule has 1 saturated carbocycles. The second kappa shape index (κ2) is 8.01. The normalized spacial score (nSPS) is 18.3. The number of nitrogens with one attached hydrogen (secondary N) is 2. The SMILES string of the molecule is CN(CC(=O)Nc1cc2cc(-c3cn[nH]c3)ccc2cn1)C1CC2(C1)CN(CCF)C2. The number of carbonyl (C=O) groups is 1. The van der Waals surface area contributed by atoms with Crippen LogP contribution in [0.3, 0.4) is 0 Å². The molecule has 0 radical (unpaired) electrons. The van der Waals surface area contributed by atoms with E-state index in [1.807, 2.05) is 31.4 Å². The van der Waals surface area contributed by atoms with Crippen LogP contribution < -0.4 is 5.32 Å². The molecule has 7 nitrogen and oxygen atoms in total. The number of halogens is 1. The molecule has 3 aromatic rings. The monoisotopic (exact) mass is 422 g/mol. The Morgan fingerprint density at radius 3 is 2.84 bits per heavy atom. The van der Waals surface area contributed by atoms with Gasteiger partial charge >= 0.3 is 0 Å². The predicted octanol–water partition coefficient (Wildman–Crippen LogP) is 2.93. The number of nitrogens with zero attached hydrogens (tertiary/aromatic N) is 4. The van der Waals surface area contributed by atoms with Gasteiger partial charge in [-0.15, -0.1) is 0 Å². The Morgan fingerprint density at radius 1 is 1.26 bits per heavy atom. The van der Waals surface area contributed by atoms with Crippen LogP contribution in [-0.4, -0.2) is 76.8 Å². The number of pyridine rings is 1. The summed E-state index contributed by atoms with van der Waals surface area (Å²) >= 11 is 0. The summed E-state index contributed by atoms with van der Waals surface area (Å²) in [6.45, 7) is 2.61. The maximum atomic E-state index is 12.6. The fourth-order valence-corrected chi connectivity index (χ4v) is 5.03. The lowest BCUT2D eigenvalue weighted by Crippen LogP contribution is -2.66. The number of likely N-dealkylation sites (tertiary alicyclic amines) is 1. The third-order valence-electron chi connectivity index (χ3n) is 6.69. The molecule has 1 spiro atoms. The highest BCUT2D eigenvalue weighted by atomic mass is 19.1. The van der Waals surface area contributed by atoms with Crippen LogP contribution in [0.4, 0.5) is 10.2 Å². The van der Waals surface area contributed by atoms with E-state index in [2.05, 4.69) is 36.4 Å². The minimum absolute atomic E-state index is 0.0612. The van der Waals surface area contributed by atoms with Crippen molar-refractivity contribution in [2.45, 2.75) is 18.9 Å². The van der Waals surface area contributed by atoms with Gasteiger partial charge in [0, 0.05) is 49.0 Å². The van der Waals surface area contributed by atoms with Gasteiger partial charge in [-0.25, -0.2) is 9.37 Å². The first-order chi connectivity index (χ1) is 15.0. The molecule has 1 saturated heterocycles. The first kappa shape index (κ1) is 20.1. The summed E-state index contributed by atoms with van der Waals surface area (Å²) in [6.07, 6.45) is 7.60. The van der Waals surface area contributed by atoms with Crippen LogP contribution in [0.15, 0.2) is 42.9 Å². The average Bonchev–Trinajstić information content (AvgIpc) is 3.22. The van der Waals surface area contributed by atoms with E-state index in [-0.39, 0.29) is 12.6 Å². The van der Waals surface area contributed by atoms with Crippen LogP contribution in [0.5, 0.6) is 0 Å². The van der Waals surface area contributed by atoms with E-state index in [0.717, 1.165) is 47.8 Å². The summed E-state index contributed by atoms with van der Waals surface area (Å²) in [5, 5.41) is 11.8. The van der Waals surface area contributed by atoms with Crippen molar-refractivity contribution in [3.8, 4) is 11.1 Å². The number of alkyl halides is 1. The molecule has 2 fully saturated rings. The van der Waals surface area contributed by atoms with Crippen molar-refractivity contribution < 1.29 is 9.18 Å². The summed E-state index contributed by atoms with van der Waals surface area (Å²) in [5.74, 6) is 0.495. The molecule has 2 aromatic heterocycles. The Balaban J connectivity index is 1.17. The molecule has 5 rings (SSSR count). The lowest BCUT2D eigenvalue weighted by Gasteiger charge is -2.60. The number of hydrogen-bond acceptors (Lipinski definition) is 5. The minimum Gasteiger partial charge on any atom is -0.310 e. The lowest BCUT2D eigenvalue weighted by atomic mass is 9.60. The Kier molecular flexibility index (Phi) is 5.19. The van der Waals surface area contributed by atoms with Gasteiger partial charge in [0.15, 0.2) is 0 Å². The third-order valence-corrected chi connectivity index (χ3v) is 6.69. The van der Waals surface area contributed by atoms with E-state index in [4.69, 9.17) is 0 Å². The highest BCUT2D eigenvalue weighted by Gasteiger charge is 2.52. The first-order valence-electron chi connectivity index (χ1n) is 10.7. The number of fused-ring (bicyclic) bond motifs is 1. The molecule has 0 unspecified atom stereocenters. The molecular formula is C23H27FN6O. The van der Waals surface area contributed by atoms with E-state index in [1.165, 1.54) is 0 Å². The van der Waals surface area contributed by atoms with Crippen molar-refractivity contribution in [1.82, 2.24) is 25.0 Å². The summed E-state index contributed by atoms with van der Waals surface area (Å²) in [5.41, 5.74) is 2.44. The van der Waals surface area contributed by atoms with Crippen LogP contribution in [0.25, 0.3) is 21.9 Å². The summed E-state index contributed by atoms with van der Waals surface area (Å²) in [7, 11) is 2.00. The van der Waals surface area contributed by atoms with E-state index in [0.29, 0.717) is 30.4 Å². The molecule has 1 aromatic carbocycles. The first-order valence-corrected chi connectivity index (χ1v) is 10.7. The molecule has 2 aliphatic rings. The van der Waals surface area contributed by atoms with Crippen LogP contribution >= 0.6 is 0 Å². The average molecular weight is 423 g/mol. The van der Waals surface area contributed by atoms with Crippen molar-refractivity contribution in [1.29, 1.82) is 0 Å². The largest absolute Gasteiger partial charge is 0.310 e. The van der Waals surface area contributed by atoms with Crippen molar-refractivity contribution in [2.75, 3.05) is 45.2 Å². The van der Waals surface area contributed by atoms with Crippen LogP contribution in [0.2, 0.25) is 0 Å². The van der Waals surface area contributed by atoms with Crippen LogP contribution in [0, 0.1) is 5.41 Å². The number of amides is 1. The number of benzene rings is 1. The minimum atomic E-state index is -0.271. The van der Waals surface area contributed by atoms with E-state index in [9.17, 15) is 9.18 Å². The highest BCUT2D eigenvalue weighted by molar-refractivity contribution is 5.94. The number of aromatic amines is 1. The molecule has 162 valence electrons. The van der Waals surface area contributed by atoms with Gasteiger partial charge in [0.2, 0.25) is 5.91 Å². The zero-order valence-corrected chi connectivity index (χ0v) is 17.6. The van der Waals surface area contributed by atoms with Gasteiger partial charge in [0.25, 0.3) is 0 Å². The molecule has 0 atom stereocenters. The molecule has 8 heteroatoms. The maximum Gasteiger partial charge on any atom is 0.239 e. The molecule has 2 N–H and O–H groups in total. The third kappa shape index (κ3) is 4.05. The van der Waals surface area contributed by atoms with Gasteiger partial charge in [-0.1, -0.05) is 12.1 Å². The number of carbonyl (C=O) groups excluding carboxylic acids is 1. The van der Waals surface area contributed by atoms with Gasteiger partial charge < -0.3 is 5.32 Å². The zero-order chi connectivity index (χ0) is 21.4. The van der Waals surface area contributed by atoms with Gasteiger partial charge in [0.05, 0.1) is 12.7 Å². The zero-order valence-electron chi connectivity index (χ0n) is 17.6. The van der Waals surface area contributed by atoms with Crippen LogP contribution in [-0.2, 0) is 4.79 Å². The van der Waals surface area contributed by atoms with Gasteiger partial charge in [-0.05, 0) is 48.4 Å². The maximum absolute atomic E-state index is 12.6. The summed E-state index contributed by atoms with van der Waals surface area (Å²) in [4.78, 5) is 21.3. The van der Waals surface area contributed by atoms with Gasteiger partial charge in [0.1, 0.15) is 12.5 Å². The number of H-pyrrole nitrogens is 1. The molecule has 1 aliphatic heterocycles. The molecule has 0 bridgehead atoms.